The van der Waals surface area contributed by atoms with Gasteiger partial charge in [0.05, 0.1) is 25.9 Å². The lowest BCUT2D eigenvalue weighted by atomic mass is 10.1. The number of unbranched alkanes of at least 4 members (excludes halogenated alkanes) is 1. The Morgan fingerprint density at radius 1 is 1.22 bits per heavy atom. The maximum absolute atomic E-state index is 12.2. The first-order chi connectivity index (χ1) is 11.0. The molecule has 0 aromatic heterocycles. The number of hydrogen-bond acceptors (Lipinski definition) is 6. The number of esters is 2. The van der Waals surface area contributed by atoms with Gasteiger partial charge in [-0.25, -0.2) is 9.59 Å². The zero-order valence-corrected chi connectivity index (χ0v) is 13.0. The van der Waals surface area contributed by atoms with E-state index in [1.54, 1.807) is 6.07 Å². The van der Waals surface area contributed by atoms with Gasteiger partial charge in [0, 0.05) is 12.0 Å². The molecule has 0 bridgehead atoms. The summed E-state index contributed by atoms with van der Waals surface area (Å²) in [5, 5.41) is 11.1. The van der Waals surface area contributed by atoms with Crippen LogP contribution >= 0.6 is 0 Å². The first-order valence-electron chi connectivity index (χ1n) is 6.97. The van der Waals surface area contributed by atoms with Crippen LogP contribution in [0.4, 0.5) is 0 Å². The van der Waals surface area contributed by atoms with Crippen molar-refractivity contribution in [1.82, 2.24) is 5.32 Å². The van der Waals surface area contributed by atoms with E-state index in [1.165, 1.54) is 32.4 Å². The maximum Gasteiger partial charge on any atom is 0.337 e. The van der Waals surface area contributed by atoms with Crippen LogP contribution in [0.1, 0.15) is 40.0 Å². The molecule has 0 aliphatic rings. The number of ether oxygens (including phenoxy) is 2. The number of rotatable bonds is 7. The minimum Gasteiger partial charge on any atom is -0.467 e. The SMILES string of the molecule is COC(=O)c1cccc(C(=O)N[C@H](CCCC#N)C(=O)OC)c1. The predicted octanol–water partition coefficient (Wildman–Crippen LogP) is 1.44. The van der Waals surface area contributed by atoms with Gasteiger partial charge in [-0.2, -0.15) is 5.26 Å². The Balaban J connectivity index is 2.83. The summed E-state index contributed by atoms with van der Waals surface area (Å²) in [7, 11) is 2.47. The van der Waals surface area contributed by atoms with Crippen molar-refractivity contribution in [3.63, 3.8) is 0 Å². The van der Waals surface area contributed by atoms with Gasteiger partial charge in [0.25, 0.3) is 5.91 Å². The van der Waals surface area contributed by atoms with Gasteiger partial charge in [-0.1, -0.05) is 6.07 Å². The maximum atomic E-state index is 12.2. The molecule has 1 rings (SSSR count). The first kappa shape index (κ1) is 18.2. The fourth-order valence-corrected chi connectivity index (χ4v) is 1.92. The summed E-state index contributed by atoms with van der Waals surface area (Å²) in [5.74, 6) is -1.65. The molecule has 0 spiro atoms. The molecule has 1 aromatic carbocycles. The van der Waals surface area contributed by atoms with Gasteiger partial charge in [0.2, 0.25) is 0 Å². The van der Waals surface area contributed by atoms with E-state index >= 15 is 0 Å². The van der Waals surface area contributed by atoms with Gasteiger partial charge in [0.15, 0.2) is 0 Å². The normalized spacial score (nSPS) is 11.0. The molecule has 122 valence electrons. The van der Waals surface area contributed by atoms with Crippen molar-refractivity contribution in [3.8, 4) is 6.07 Å². The number of methoxy groups -OCH3 is 2. The number of nitriles is 1. The molecule has 1 N–H and O–H groups in total. The third-order valence-electron chi connectivity index (χ3n) is 3.12. The third-order valence-corrected chi connectivity index (χ3v) is 3.12. The lowest BCUT2D eigenvalue weighted by molar-refractivity contribution is -0.143. The second-order valence-corrected chi connectivity index (χ2v) is 4.67. The summed E-state index contributed by atoms with van der Waals surface area (Å²) in [6.45, 7) is 0. The Labute approximate surface area is 134 Å². The molecule has 0 unspecified atom stereocenters. The number of carbonyl (C=O) groups excluding carboxylic acids is 3. The van der Waals surface area contributed by atoms with Crippen molar-refractivity contribution in [1.29, 1.82) is 5.26 Å². The number of amides is 1. The van der Waals surface area contributed by atoms with Crippen LogP contribution in [-0.2, 0) is 14.3 Å². The van der Waals surface area contributed by atoms with Gasteiger partial charge < -0.3 is 14.8 Å². The fourth-order valence-electron chi connectivity index (χ4n) is 1.92. The molecule has 1 aromatic rings. The van der Waals surface area contributed by atoms with Crippen molar-refractivity contribution in [2.24, 2.45) is 0 Å². The molecule has 1 atom stereocenters. The van der Waals surface area contributed by atoms with Crippen LogP contribution in [0.2, 0.25) is 0 Å². The van der Waals surface area contributed by atoms with Crippen LogP contribution in [0.5, 0.6) is 0 Å². The lowest BCUT2D eigenvalue weighted by Gasteiger charge is -2.16. The lowest BCUT2D eigenvalue weighted by Crippen LogP contribution is -2.41. The largest absolute Gasteiger partial charge is 0.467 e. The molecule has 0 saturated carbocycles. The first-order valence-corrected chi connectivity index (χ1v) is 6.97. The Kier molecular flexibility index (Phi) is 7.27. The number of nitrogens with one attached hydrogen (secondary N) is 1. The van der Waals surface area contributed by atoms with E-state index in [0.717, 1.165) is 0 Å². The van der Waals surface area contributed by atoms with Crippen molar-refractivity contribution in [3.05, 3.63) is 35.4 Å². The standard InChI is InChI=1S/C16H18N2O5/c1-22-15(20)12-7-5-6-11(10-12)14(19)18-13(16(21)23-2)8-3-4-9-17/h5-7,10,13H,3-4,8H2,1-2H3,(H,18,19)/t13-/m1/s1. The zero-order chi connectivity index (χ0) is 17.2. The van der Waals surface area contributed by atoms with Crippen LogP contribution in [0.15, 0.2) is 24.3 Å². The Hall–Kier alpha value is -2.88. The highest BCUT2D eigenvalue weighted by Crippen LogP contribution is 2.09. The predicted molar refractivity (Wildman–Crippen MR) is 80.5 cm³/mol. The molecule has 0 radical (unpaired) electrons. The molecular formula is C16H18N2O5. The van der Waals surface area contributed by atoms with E-state index in [1.807, 2.05) is 6.07 Å². The van der Waals surface area contributed by atoms with Crippen LogP contribution < -0.4 is 5.32 Å². The number of benzene rings is 1. The van der Waals surface area contributed by atoms with Gasteiger partial charge >= 0.3 is 11.9 Å². The highest BCUT2D eigenvalue weighted by Gasteiger charge is 2.22. The summed E-state index contributed by atoms with van der Waals surface area (Å²) in [6, 6.07) is 7.10. The molecule has 0 aliphatic carbocycles. The summed E-state index contributed by atoms with van der Waals surface area (Å²) in [5.41, 5.74) is 0.460. The summed E-state index contributed by atoms with van der Waals surface area (Å²) in [6.07, 6.45) is 1.03. The second-order valence-electron chi connectivity index (χ2n) is 4.67. The molecule has 7 nitrogen and oxygen atoms in total. The minimum absolute atomic E-state index is 0.224. The average Bonchev–Trinajstić information content (AvgIpc) is 2.59. The fraction of sp³-hybridized carbons (Fsp3) is 0.375. The summed E-state index contributed by atoms with van der Waals surface area (Å²) >= 11 is 0. The zero-order valence-electron chi connectivity index (χ0n) is 13.0. The Morgan fingerprint density at radius 2 is 1.91 bits per heavy atom. The highest BCUT2D eigenvalue weighted by atomic mass is 16.5. The van der Waals surface area contributed by atoms with E-state index < -0.39 is 23.9 Å². The van der Waals surface area contributed by atoms with E-state index in [4.69, 9.17) is 5.26 Å². The van der Waals surface area contributed by atoms with Crippen LogP contribution in [0.25, 0.3) is 0 Å². The van der Waals surface area contributed by atoms with Crippen LogP contribution in [0, 0.1) is 11.3 Å². The smallest absolute Gasteiger partial charge is 0.337 e. The summed E-state index contributed by atoms with van der Waals surface area (Å²) in [4.78, 5) is 35.4. The monoisotopic (exact) mass is 318 g/mol. The van der Waals surface area contributed by atoms with E-state index in [-0.39, 0.29) is 17.5 Å². The van der Waals surface area contributed by atoms with Crippen molar-refractivity contribution in [2.75, 3.05) is 14.2 Å². The average molecular weight is 318 g/mol. The number of nitrogens with zero attached hydrogens (tertiary/aromatic N) is 1. The molecule has 7 heteroatoms. The van der Waals surface area contributed by atoms with E-state index in [0.29, 0.717) is 12.8 Å². The molecule has 1 amide bonds. The molecule has 0 heterocycles. The topological polar surface area (TPSA) is 105 Å². The van der Waals surface area contributed by atoms with Crippen molar-refractivity contribution in [2.45, 2.75) is 25.3 Å². The van der Waals surface area contributed by atoms with Crippen molar-refractivity contribution < 1.29 is 23.9 Å². The van der Waals surface area contributed by atoms with Gasteiger partial charge in [-0.05, 0) is 31.0 Å². The third kappa shape index (κ3) is 5.43. The number of carbonyl (C=O) groups is 3. The van der Waals surface area contributed by atoms with Crippen molar-refractivity contribution >= 4 is 17.8 Å². The quantitative estimate of drug-likeness (QED) is 0.602. The van der Waals surface area contributed by atoms with Crippen LogP contribution in [0.3, 0.4) is 0 Å². The highest BCUT2D eigenvalue weighted by molar-refractivity contribution is 5.99. The molecule has 0 aliphatic heterocycles. The number of hydrogen-bond donors (Lipinski definition) is 1. The van der Waals surface area contributed by atoms with E-state index in [2.05, 4.69) is 14.8 Å². The van der Waals surface area contributed by atoms with Gasteiger partial charge in [0.1, 0.15) is 6.04 Å². The summed E-state index contributed by atoms with van der Waals surface area (Å²) < 4.78 is 9.25. The molecule has 0 fully saturated rings. The molecular weight excluding hydrogens is 300 g/mol. The van der Waals surface area contributed by atoms with Gasteiger partial charge in [-0.3, -0.25) is 4.79 Å². The second kappa shape index (κ2) is 9.20. The van der Waals surface area contributed by atoms with E-state index in [9.17, 15) is 14.4 Å². The Bertz CT molecular complexity index is 621. The molecule has 0 saturated heterocycles. The Morgan fingerprint density at radius 3 is 2.52 bits per heavy atom. The minimum atomic E-state index is -0.845. The molecule has 23 heavy (non-hydrogen) atoms. The van der Waals surface area contributed by atoms with Gasteiger partial charge in [-0.15, -0.1) is 0 Å². The van der Waals surface area contributed by atoms with Crippen LogP contribution in [-0.4, -0.2) is 38.1 Å².